The molecule has 34 heavy (non-hydrogen) atoms. The monoisotopic (exact) mass is 501 g/mol. The summed E-state index contributed by atoms with van der Waals surface area (Å²) in [6.07, 6.45) is 5.71. The lowest BCUT2D eigenvalue weighted by molar-refractivity contribution is -0.227. The number of fused-ring (bicyclic) bond motifs is 2. The van der Waals surface area contributed by atoms with Crippen LogP contribution in [0, 0.1) is 18.3 Å². The van der Waals surface area contributed by atoms with Crippen molar-refractivity contribution < 1.29 is 14.2 Å². The van der Waals surface area contributed by atoms with Gasteiger partial charge in [-0.25, -0.2) is 4.98 Å². The summed E-state index contributed by atoms with van der Waals surface area (Å²) in [6, 6.07) is 4.91. The van der Waals surface area contributed by atoms with E-state index in [2.05, 4.69) is 40.4 Å². The van der Waals surface area contributed by atoms with Crippen molar-refractivity contribution in [3.63, 3.8) is 0 Å². The Hall–Kier alpha value is -1.35. The zero-order valence-corrected chi connectivity index (χ0v) is 22.4. The molecule has 184 valence electrons. The molecule has 1 aromatic heterocycles. The number of hydrogen-bond donors (Lipinski definition) is 0. The van der Waals surface area contributed by atoms with Crippen LogP contribution in [0.25, 0.3) is 0 Å². The minimum atomic E-state index is -0.286. The fourth-order valence-corrected chi connectivity index (χ4v) is 9.77. The Labute approximate surface area is 210 Å². The molecule has 8 heteroatoms. The van der Waals surface area contributed by atoms with Crippen LogP contribution in [0.2, 0.25) is 0 Å². The number of aromatic nitrogens is 2. The van der Waals surface area contributed by atoms with Crippen molar-refractivity contribution in [3.8, 4) is 11.5 Å². The summed E-state index contributed by atoms with van der Waals surface area (Å²) < 4.78 is 24.7. The highest BCUT2D eigenvalue weighted by molar-refractivity contribution is 8.00. The lowest BCUT2D eigenvalue weighted by Crippen LogP contribution is -2.71. The number of hydrogen-bond acceptors (Lipinski definition) is 8. The molecule has 2 aromatic rings. The van der Waals surface area contributed by atoms with E-state index < -0.39 is 0 Å². The highest BCUT2D eigenvalue weighted by Gasteiger charge is 2.72. The van der Waals surface area contributed by atoms with Gasteiger partial charge in [0, 0.05) is 36.3 Å². The second kappa shape index (κ2) is 8.36. The first-order valence-electron chi connectivity index (χ1n) is 12.5. The molecule has 2 bridgehead atoms. The van der Waals surface area contributed by atoms with Crippen molar-refractivity contribution in [1.29, 1.82) is 0 Å². The average Bonchev–Trinajstić information content (AvgIpc) is 3.47. The van der Waals surface area contributed by atoms with Gasteiger partial charge in [0.05, 0.1) is 7.11 Å². The molecule has 1 spiro atoms. The van der Waals surface area contributed by atoms with Crippen LogP contribution < -0.4 is 9.47 Å². The Morgan fingerprint density at radius 1 is 1.29 bits per heavy atom. The maximum atomic E-state index is 6.92. The number of nitrogens with zero attached hydrogens (tertiary/aromatic N) is 3. The summed E-state index contributed by atoms with van der Waals surface area (Å²) >= 11 is 3.35. The van der Waals surface area contributed by atoms with Gasteiger partial charge in [0.25, 0.3) is 0 Å². The molecule has 0 amide bonds. The Bertz CT molecular complexity index is 1090. The maximum absolute atomic E-state index is 6.92. The topological polar surface area (TPSA) is 56.7 Å². The molecule has 3 saturated carbocycles. The molecule has 7 rings (SSSR count). The molecule has 6 atom stereocenters. The zero-order valence-electron chi connectivity index (χ0n) is 20.8. The van der Waals surface area contributed by atoms with Gasteiger partial charge < -0.3 is 19.1 Å². The van der Waals surface area contributed by atoms with Gasteiger partial charge in [0.2, 0.25) is 0 Å². The highest BCUT2D eigenvalue weighted by atomic mass is 32.2. The van der Waals surface area contributed by atoms with Crippen molar-refractivity contribution in [1.82, 2.24) is 14.3 Å². The summed E-state index contributed by atoms with van der Waals surface area (Å²) in [5.41, 5.74) is 2.77. The van der Waals surface area contributed by atoms with E-state index in [1.807, 2.05) is 25.8 Å². The quantitative estimate of drug-likeness (QED) is 0.475. The number of methoxy groups -OCH3 is 2. The normalized spacial score (nSPS) is 34.9. The molecule has 6 nitrogen and oxygen atoms in total. The minimum absolute atomic E-state index is 0.0321. The average molecular weight is 502 g/mol. The molecule has 0 N–H and O–H groups in total. The lowest BCUT2D eigenvalue weighted by Gasteiger charge is -2.66. The van der Waals surface area contributed by atoms with Crippen LogP contribution in [0.4, 0.5) is 0 Å². The number of rotatable bonds is 8. The maximum Gasteiger partial charge on any atom is 0.170 e. The minimum Gasteiger partial charge on any atom is -0.493 e. The molecule has 1 unspecified atom stereocenters. The Morgan fingerprint density at radius 2 is 2.15 bits per heavy atom. The van der Waals surface area contributed by atoms with Gasteiger partial charge in [-0.3, -0.25) is 0 Å². The molecular weight excluding hydrogens is 466 g/mol. The number of benzene rings is 1. The summed E-state index contributed by atoms with van der Waals surface area (Å²) in [4.78, 5) is 7.26. The molecule has 1 aliphatic heterocycles. The van der Waals surface area contributed by atoms with Gasteiger partial charge in [0.1, 0.15) is 17.5 Å². The van der Waals surface area contributed by atoms with Crippen LogP contribution >= 0.6 is 23.3 Å². The van der Waals surface area contributed by atoms with E-state index in [9.17, 15) is 0 Å². The SMILES string of the molecule is CCCN(C)[C@@H]1Cc2ccc(OC)c3c2C2[C@@H](O3)[C@@]3(OC)CC[C@]21C[C@@H]3CSc1nc(C)ns1. The largest absolute Gasteiger partial charge is 0.493 e. The van der Waals surface area contributed by atoms with Crippen molar-refractivity contribution in [3.05, 3.63) is 29.1 Å². The number of aryl methyl sites for hydroxylation is 1. The van der Waals surface area contributed by atoms with E-state index in [1.54, 1.807) is 7.11 Å². The van der Waals surface area contributed by atoms with Gasteiger partial charge in [-0.15, -0.1) is 0 Å². The molecule has 2 heterocycles. The summed E-state index contributed by atoms with van der Waals surface area (Å²) in [5, 5.41) is 0. The zero-order chi connectivity index (χ0) is 23.7. The van der Waals surface area contributed by atoms with E-state index in [0.29, 0.717) is 17.9 Å². The van der Waals surface area contributed by atoms with Crippen molar-refractivity contribution >= 4 is 23.3 Å². The first-order chi connectivity index (χ1) is 16.5. The fourth-order valence-electron chi connectivity index (χ4n) is 7.88. The first-order valence-corrected chi connectivity index (χ1v) is 14.3. The predicted octanol–water partition coefficient (Wildman–Crippen LogP) is 4.94. The van der Waals surface area contributed by atoms with E-state index in [-0.39, 0.29) is 17.1 Å². The number of thioether (sulfide) groups is 1. The van der Waals surface area contributed by atoms with Crippen molar-refractivity contribution in [2.45, 2.75) is 74.0 Å². The lowest BCUT2D eigenvalue weighted by atomic mass is 9.43. The number of ether oxygens (including phenoxy) is 3. The molecule has 4 aliphatic carbocycles. The molecule has 0 radical (unpaired) electrons. The van der Waals surface area contributed by atoms with E-state index in [1.165, 1.54) is 41.9 Å². The Morgan fingerprint density at radius 3 is 2.85 bits per heavy atom. The third kappa shape index (κ3) is 3.07. The molecule has 3 fully saturated rings. The van der Waals surface area contributed by atoms with Crippen molar-refractivity contribution in [2.24, 2.45) is 11.3 Å². The molecule has 5 aliphatic rings. The number of likely N-dealkylation sites (N-methyl/N-ethyl adjacent to an activating group) is 1. The van der Waals surface area contributed by atoms with Gasteiger partial charge >= 0.3 is 0 Å². The van der Waals surface area contributed by atoms with Crippen LogP contribution in [0.3, 0.4) is 0 Å². The van der Waals surface area contributed by atoms with E-state index >= 15 is 0 Å². The Kier molecular flexibility index (Phi) is 5.67. The van der Waals surface area contributed by atoms with Crippen LogP contribution in [-0.4, -0.2) is 65.6 Å². The third-order valence-electron chi connectivity index (χ3n) is 9.21. The summed E-state index contributed by atoms with van der Waals surface area (Å²) in [7, 11) is 5.99. The molecule has 1 aromatic carbocycles. The second-order valence-electron chi connectivity index (χ2n) is 10.6. The highest BCUT2D eigenvalue weighted by Crippen LogP contribution is 2.72. The molecular formula is C26H35N3O3S2. The fraction of sp³-hybridized carbons (Fsp3) is 0.692. The van der Waals surface area contributed by atoms with Gasteiger partial charge in [-0.1, -0.05) is 24.8 Å². The second-order valence-corrected chi connectivity index (χ2v) is 12.6. The Balaban J connectivity index is 1.45. The first kappa shape index (κ1) is 23.1. The van der Waals surface area contributed by atoms with Crippen LogP contribution in [0.5, 0.6) is 11.5 Å². The van der Waals surface area contributed by atoms with E-state index in [0.717, 1.165) is 46.8 Å². The standard InChI is InChI=1S/C26H35N3O3S2/c1-6-11-29(3)19-12-16-7-8-18(30-4)22-20(16)21-23(32-22)26(31-5)10-9-25(19,21)13-17(26)14-33-24-27-15(2)28-34-24/h7-8,17,19,21,23H,6,9-14H2,1-5H3/t17-,19-,21?,23-,25-,26-/m1/s1. The summed E-state index contributed by atoms with van der Waals surface area (Å²) in [5.74, 6) is 4.46. The van der Waals surface area contributed by atoms with Crippen LogP contribution in [-0.2, 0) is 11.2 Å². The van der Waals surface area contributed by atoms with Crippen molar-refractivity contribution in [2.75, 3.05) is 33.6 Å². The predicted molar refractivity (Wildman–Crippen MR) is 135 cm³/mol. The summed E-state index contributed by atoms with van der Waals surface area (Å²) in [6.45, 7) is 5.38. The van der Waals surface area contributed by atoms with Gasteiger partial charge in [-0.05, 0) is 81.2 Å². The van der Waals surface area contributed by atoms with Gasteiger partial charge in [0.15, 0.2) is 15.8 Å². The van der Waals surface area contributed by atoms with Crippen LogP contribution in [0.1, 0.15) is 55.5 Å². The smallest absolute Gasteiger partial charge is 0.170 e. The van der Waals surface area contributed by atoms with Gasteiger partial charge in [-0.2, -0.15) is 4.37 Å². The van der Waals surface area contributed by atoms with Crippen LogP contribution in [0.15, 0.2) is 16.5 Å². The molecule has 0 saturated heterocycles. The third-order valence-corrected chi connectivity index (χ3v) is 11.3. The van der Waals surface area contributed by atoms with E-state index in [4.69, 9.17) is 14.2 Å².